The largest absolute Gasteiger partial charge is 0.478 e. The topological polar surface area (TPSA) is 52.6 Å². The molecule has 19 heavy (non-hydrogen) atoms. The number of nitrogens with one attached hydrogen (secondary N) is 1. The van der Waals surface area contributed by atoms with E-state index in [1.165, 1.54) is 18.2 Å². The van der Waals surface area contributed by atoms with Gasteiger partial charge in [0, 0.05) is 18.2 Å². The molecule has 0 aliphatic carbocycles. The van der Waals surface area contributed by atoms with Crippen molar-refractivity contribution in [1.82, 2.24) is 10.2 Å². The quantitative estimate of drug-likeness (QED) is 0.871. The van der Waals surface area contributed by atoms with E-state index in [0.717, 1.165) is 25.9 Å². The maximum Gasteiger partial charge on any atom is 0.335 e. The average Bonchev–Trinajstić information content (AvgIpc) is 2.39. The molecule has 1 fully saturated rings. The molecule has 0 spiro atoms. The van der Waals surface area contributed by atoms with Gasteiger partial charge in [0.25, 0.3) is 0 Å². The van der Waals surface area contributed by atoms with Crippen molar-refractivity contribution in [2.24, 2.45) is 0 Å². The van der Waals surface area contributed by atoms with Gasteiger partial charge in [-0.3, -0.25) is 0 Å². The molecule has 0 radical (unpaired) electrons. The van der Waals surface area contributed by atoms with Crippen LogP contribution in [0.4, 0.5) is 4.39 Å². The standard InChI is InChI=1S/C14H19FN2O2/c1-17-6-4-12(5-7-17)16-9-11-8-10(14(18)19)2-3-13(11)15/h2-3,8,12,16H,4-7,9H2,1H3,(H,18,19). The van der Waals surface area contributed by atoms with Crippen LogP contribution in [0.5, 0.6) is 0 Å². The van der Waals surface area contributed by atoms with Crippen LogP contribution in [-0.4, -0.2) is 42.2 Å². The van der Waals surface area contributed by atoms with Crippen molar-refractivity contribution in [2.75, 3.05) is 20.1 Å². The van der Waals surface area contributed by atoms with Gasteiger partial charge < -0.3 is 15.3 Å². The summed E-state index contributed by atoms with van der Waals surface area (Å²) in [5.74, 6) is -1.38. The smallest absolute Gasteiger partial charge is 0.335 e. The van der Waals surface area contributed by atoms with Crippen LogP contribution in [0.25, 0.3) is 0 Å². The van der Waals surface area contributed by atoms with Crippen molar-refractivity contribution in [3.63, 3.8) is 0 Å². The van der Waals surface area contributed by atoms with Crippen molar-refractivity contribution in [3.05, 3.63) is 35.1 Å². The number of carboxylic acids is 1. The lowest BCUT2D eigenvalue weighted by molar-refractivity contribution is 0.0696. The molecule has 1 aliphatic rings. The Labute approximate surface area is 112 Å². The number of rotatable bonds is 4. The Bertz CT molecular complexity index is 457. The van der Waals surface area contributed by atoms with Gasteiger partial charge in [0.05, 0.1) is 5.56 Å². The van der Waals surface area contributed by atoms with Crippen LogP contribution < -0.4 is 5.32 Å². The number of carbonyl (C=O) groups is 1. The normalized spacial score (nSPS) is 17.6. The zero-order valence-electron chi connectivity index (χ0n) is 11.0. The molecule has 0 atom stereocenters. The summed E-state index contributed by atoms with van der Waals surface area (Å²) in [5.41, 5.74) is 0.542. The Hall–Kier alpha value is -1.46. The predicted octanol–water partition coefficient (Wildman–Crippen LogP) is 1.71. The third-order valence-electron chi connectivity index (χ3n) is 3.59. The van der Waals surface area contributed by atoms with Crippen LogP contribution in [0, 0.1) is 5.82 Å². The van der Waals surface area contributed by atoms with Gasteiger partial charge in [0.2, 0.25) is 0 Å². The summed E-state index contributed by atoms with van der Waals surface area (Å²) < 4.78 is 13.6. The number of piperidine rings is 1. The van der Waals surface area contributed by atoms with Gasteiger partial charge in [-0.15, -0.1) is 0 Å². The van der Waals surface area contributed by atoms with Gasteiger partial charge >= 0.3 is 5.97 Å². The number of carboxylic acid groups (broad SMARTS) is 1. The van der Waals surface area contributed by atoms with Crippen LogP contribution in [-0.2, 0) is 6.54 Å². The molecular formula is C14H19FN2O2. The molecule has 0 bridgehead atoms. The highest BCUT2D eigenvalue weighted by Gasteiger charge is 2.16. The van der Waals surface area contributed by atoms with Crippen molar-refractivity contribution in [3.8, 4) is 0 Å². The lowest BCUT2D eigenvalue weighted by Crippen LogP contribution is -2.40. The number of benzene rings is 1. The summed E-state index contributed by atoms with van der Waals surface area (Å²) in [7, 11) is 2.09. The second kappa shape index (κ2) is 6.12. The molecule has 0 amide bonds. The van der Waals surface area contributed by atoms with E-state index < -0.39 is 5.97 Å². The number of nitrogens with zero attached hydrogens (tertiary/aromatic N) is 1. The second-order valence-corrected chi connectivity index (χ2v) is 5.07. The molecule has 2 rings (SSSR count). The van der Waals surface area contributed by atoms with E-state index in [2.05, 4.69) is 17.3 Å². The fraction of sp³-hybridized carbons (Fsp3) is 0.500. The summed E-state index contributed by atoms with van der Waals surface area (Å²) in [4.78, 5) is 13.1. The number of hydrogen-bond donors (Lipinski definition) is 2. The van der Waals surface area contributed by atoms with Crippen LogP contribution in [0.2, 0.25) is 0 Å². The van der Waals surface area contributed by atoms with Gasteiger partial charge in [-0.25, -0.2) is 9.18 Å². The minimum atomic E-state index is -1.03. The molecule has 0 aromatic heterocycles. The summed E-state index contributed by atoms with van der Waals surface area (Å²) in [6, 6.07) is 4.29. The van der Waals surface area contributed by atoms with Crippen LogP contribution in [0.1, 0.15) is 28.8 Å². The third kappa shape index (κ3) is 3.75. The zero-order chi connectivity index (χ0) is 13.8. The van der Waals surface area contributed by atoms with Crippen molar-refractivity contribution in [2.45, 2.75) is 25.4 Å². The number of likely N-dealkylation sites (tertiary alicyclic amines) is 1. The second-order valence-electron chi connectivity index (χ2n) is 5.07. The minimum Gasteiger partial charge on any atom is -0.478 e. The fourth-order valence-corrected chi connectivity index (χ4v) is 2.31. The van der Waals surface area contributed by atoms with Crippen molar-refractivity contribution in [1.29, 1.82) is 0 Å². The fourth-order valence-electron chi connectivity index (χ4n) is 2.31. The molecule has 1 aromatic rings. The summed E-state index contributed by atoms with van der Waals surface area (Å²) in [5, 5.41) is 12.2. The van der Waals surface area contributed by atoms with Gasteiger partial charge in [-0.05, 0) is 51.2 Å². The molecule has 1 aliphatic heterocycles. The molecule has 1 saturated heterocycles. The Morgan fingerprint density at radius 2 is 2.16 bits per heavy atom. The van der Waals surface area contributed by atoms with E-state index in [9.17, 15) is 9.18 Å². The number of halogens is 1. The zero-order valence-corrected chi connectivity index (χ0v) is 11.0. The van der Waals surface area contributed by atoms with E-state index in [0.29, 0.717) is 18.2 Å². The highest BCUT2D eigenvalue weighted by atomic mass is 19.1. The number of aromatic carboxylic acids is 1. The molecule has 1 aromatic carbocycles. The van der Waals surface area contributed by atoms with Crippen LogP contribution in [0.3, 0.4) is 0 Å². The van der Waals surface area contributed by atoms with E-state index in [4.69, 9.17) is 5.11 Å². The Morgan fingerprint density at radius 1 is 1.47 bits per heavy atom. The molecule has 1 heterocycles. The van der Waals surface area contributed by atoms with Crippen molar-refractivity contribution >= 4 is 5.97 Å². The average molecular weight is 266 g/mol. The first-order chi connectivity index (χ1) is 9.06. The molecule has 104 valence electrons. The Morgan fingerprint density at radius 3 is 2.79 bits per heavy atom. The van der Waals surface area contributed by atoms with Gasteiger partial charge in [0.15, 0.2) is 0 Å². The minimum absolute atomic E-state index is 0.126. The first kappa shape index (κ1) is 14.0. The molecule has 4 nitrogen and oxygen atoms in total. The molecule has 5 heteroatoms. The lowest BCUT2D eigenvalue weighted by atomic mass is 10.0. The summed E-state index contributed by atoms with van der Waals surface area (Å²) in [6.45, 7) is 2.45. The van der Waals surface area contributed by atoms with Crippen LogP contribution >= 0.6 is 0 Å². The van der Waals surface area contributed by atoms with Crippen LogP contribution in [0.15, 0.2) is 18.2 Å². The maximum atomic E-state index is 13.6. The molecular weight excluding hydrogens is 247 g/mol. The Kier molecular flexibility index (Phi) is 4.50. The monoisotopic (exact) mass is 266 g/mol. The summed E-state index contributed by atoms with van der Waals surface area (Å²) in [6.07, 6.45) is 2.08. The van der Waals surface area contributed by atoms with E-state index in [1.54, 1.807) is 0 Å². The first-order valence-corrected chi connectivity index (χ1v) is 6.50. The third-order valence-corrected chi connectivity index (χ3v) is 3.59. The Balaban J connectivity index is 1.95. The van der Waals surface area contributed by atoms with E-state index >= 15 is 0 Å². The van der Waals surface area contributed by atoms with Gasteiger partial charge in [-0.1, -0.05) is 0 Å². The highest BCUT2D eigenvalue weighted by Crippen LogP contribution is 2.13. The molecule has 0 saturated carbocycles. The SMILES string of the molecule is CN1CCC(NCc2cc(C(=O)O)ccc2F)CC1. The maximum absolute atomic E-state index is 13.6. The number of hydrogen-bond acceptors (Lipinski definition) is 3. The van der Waals surface area contributed by atoms with E-state index in [-0.39, 0.29) is 11.4 Å². The predicted molar refractivity (Wildman–Crippen MR) is 70.7 cm³/mol. The van der Waals surface area contributed by atoms with Crippen molar-refractivity contribution < 1.29 is 14.3 Å². The molecule has 2 N–H and O–H groups in total. The van der Waals surface area contributed by atoms with E-state index in [1.807, 2.05) is 0 Å². The van der Waals surface area contributed by atoms with Gasteiger partial charge in [0.1, 0.15) is 5.82 Å². The first-order valence-electron chi connectivity index (χ1n) is 6.50. The highest BCUT2D eigenvalue weighted by molar-refractivity contribution is 5.87. The lowest BCUT2D eigenvalue weighted by Gasteiger charge is -2.29. The van der Waals surface area contributed by atoms with Gasteiger partial charge in [-0.2, -0.15) is 0 Å². The summed E-state index contributed by atoms with van der Waals surface area (Å²) >= 11 is 0. The molecule has 0 unspecified atom stereocenters.